The summed E-state index contributed by atoms with van der Waals surface area (Å²) in [6, 6.07) is 14.3. The molecule has 4 heterocycles. The van der Waals surface area contributed by atoms with Crippen LogP contribution in [-0.4, -0.2) is 51.9 Å². The van der Waals surface area contributed by atoms with Crippen molar-refractivity contribution in [2.75, 3.05) is 27.2 Å². The van der Waals surface area contributed by atoms with E-state index in [1.165, 1.54) is 11.3 Å². The third-order valence-electron chi connectivity index (χ3n) is 5.75. The van der Waals surface area contributed by atoms with Crippen LogP contribution in [0.2, 0.25) is 0 Å². The van der Waals surface area contributed by atoms with Gasteiger partial charge in [0.25, 0.3) is 0 Å². The highest BCUT2D eigenvalue weighted by Crippen LogP contribution is 2.40. The molecular formula is C25H27N5O. The summed E-state index contributed by atoms with van der Waals surface area (Å²) in [5, 5.41) is 6.04. The maximum Gasteiger partial charge on any atom is 0.121 e. The average molecular weight is 414 g/mol. The fourth-order valence-electron chi connectivity index (χ4n) is 4.30. The van der Waals surface area contributed by atoms with Crippen LogP contribution in [-0.2, 0) is 13.0 Å². The molecule has 0 bridgehead atoms. The average Bonchev–Trinajstić information content (AvgIpc) is 3.38. The molecule has 5 rings (SSSR count). The van der Waals surface area contributed by atoms with E-state index in [4.69, 9.17) is 9.84 Å². The van der Waals surface area contributed by atoms with Crippen molar-refractivity contribution in [3.8, 4) is 28.3 Å². The van der Waals surface area contributed by atoms with Gasteiger partial charge in [-0.15, -0.1) is 0 Å². The van der Waals surface area contributed by atoms with Crippen LogP contribution in [0, 0.1) is 0 Å². The fourth-order valence-corrected chi connectivity index (χ4v) is 4.30. The molecule has 158 valence electrons. The highest BCUT2D eigenvalue weighted by molar-refractivity contribution is 5.99. The molecule has 0 atom stereocenters. The monoisotopic (exact) mass is 413 g/mol. The Kier molecular flexibility index (Phi) is 5.38. The molecule has 0 saturated heterocycles. The Bertz CT molecular complexity index is 1200. The zero-order chi connectivity index (χ0) is 21.2. The summed E-state index contributed by atoms with van der Waals surface area (Å²) >= 11 is 0. The first-order valence-electron chi connectivity index (χ1n) is 10.9. The van der Waals surface area contributed by atoms with Crippen LogP contribution in [0.15, 0.2) is 54.9 Å². The first-order chi connectivity index (χ1) is 15.2. The van der Waals surface area contributed by atoms with Gasteiger partial charge in [0.2, 0.25) is 0 Å². The van der Waals surface area contributed by atoms with Crippen molar-refractivity contribution in [2.24, 2.45) is 0 Å². The Morgan fingerprint density at radius 1 is 1.06 bits per heavy atom. The molecule has 4 aromatic rings. The van der Waals surface area contributed by atoms with Crippen molar-refractivity contribution in [1.29, 1.82) is 0 Å². The quantitative estimate of drug-likeness (QED) is 0.419. The Balaban J connectivity index is 1.54. The lowest BCUT2D eigenvalue weighted by Crippen LogP contribution is -2.15. The molecule has 0 amide bonds. The van der Waals surface area contributed by atoms with E-state index in [2.05, 4.69) is 45.8 Å². The molecule has 0 unspecified atom stereocenters. The number of benzene rings is 1. The third-order valence-corrected chi connectivity index (χ3v) is 5.75. The molecule has 3 aromatic heterocycles. The summed E-state index contributed by atoms with van der Waals surface area (Å²) in [5.74, 6) is 0.862. The van der Waals surface area contributed by atoms with E-state index in [1.807, 2.05) is 42.7 Å². The molecule has 0 radical (unpaired) electrons. The second-order valence-corrected chi connectivity index (χ2v) is 8.25. The van der Waals surface area contributed by atoms with Crippen molar-refractivity contribution >= 4 is 10.9 Å². The molecule has 0 fully saturated rings. The molecule has 6 heteroatoms. The van der Waals surface area contributed by atoms with E-state index in [-0.39, 0.29) is 0 Å². The highest BCUT2D eigenvalue weighted by Gasteiger charge is 2.25. The predicted octanol–water partition coefficient (Wildman–Crippen LogP) is 4.44. The van der Waals surface area contributed by atoms with Gasteiger partial charge in [-0.25, -0.2) is 0 Å². The third kappa shape index (κ3) is 3.91. The van der Waals surface area contributed by atoms with Gasteiger partial charge in [-0.1, -0.05) is 6.07 Å². The zero-order valence-corrected chi connectivity index (χ0v) is 18.1. The minimum Gasteiger partial charge on any atom is -0.493 e. The summed E-state index contributed by atoms with van der Waals surface area (Å²) < 4.78 is 8.12. The molecule has 0 N–H and O–H groups in total. The lowest BCUT2D eigenvalue weighted by molar-refractivity contribution is 0.282. The van der Waals surface area contributed by atoms with Crippen molar-refractivity contribution in [2.45, 2.75) is 25.8 Å². The van der Waals surface area contributed by atoms with Crippen molar-refractivity contribution in [3.63, 3.8) is 0 Å². The number of aromatic nitrogens is 4. The minimum atomic E-state index is 0.699. The molecular weight excluding hydrogens is 386 g/mol. The van der Waals surface area contributed by atoms with Crippen molar-refractivity contribution < 1.29 is 4.74 Å². The van der Waals surface area contributed by atoms with Gasteiger partial charge in [0.05, 0.1) is 17.8 Å². The first kappa shape index (κ1) is 19.7. The summed E-state index contributed by atoms with van der Waals surface area (Å²) in [7, 11) is 4.16. The number of aryl methyl sites for hydroxylation is 1. The van der Waals surface area contributed by atoms with Gasteiger partial charge in [-0.2, -0.15) is 5.10 Å². The van der Waals surface area contributed by atoms with E-state index in [0.29, 0.717) is 6.61 Å². The van der Waals surface area contributed by atoms with Gasteiger partial charge in [0.1, 0.15) is 11.4 Å². The highest BCUT2D eigenvalue weighted by atomic mass is 16.5. The van der Waals surface area contributed by atoms with Crippen molar-refractivity contribution in [1.82, 2.24) is 24.6 Å². The Hall–Kier alpha value is -3.25. The number of pyridine rings is 2. The number of ether oxygens (including phenoxy) is 1. The van der Waals surface area contributed by atoms with E-state index in [1.54, 1.807) is 0 Å². The maximum atomic E-state index is 5.97. The SMILES string of the molecule is CN(C)CCCOc1ccc2c(-c3c(-c4ccccn4)nn4c3CCC4)ccnc2c1. The number of hydrogen-bond donors (Lipinski definition) is 0. The zero-order valence-electron chi connectivity index (χ0n) is 18.1. The molecule has 0 saturated carbocycles. The maximum absolute atomic E-state index is 5.97. The van der Waals surface area contributed by atoms with Crippen LogP contribution in [0.1, 0.15) is 18.5 Å². The van der Waals surface area contributed by atoms with Gasteiger partial charge in [-0.3, -0.25) is 14.6 Å². The Labute approximate surface area is 182 Å². The van der Waals surface area contributed by atoms with Gasteiger partial charge in [-0.05, 0) is 69.3 Å². The van der Waals surface area contributed by atoms with E-state index in [9.17, 15) is 0 Å². The number of hydrogen-bond acceptors (Lipinski definition) is 5. The molecule has 0 aliphatic carbocycles. The number of nitrogens with zero attached hydrogens (tertiary/aromatic N) is 5. The summed E-state index contributed by atoms with van der Waals surface area (Å²) in [4.78, 5) is 11.4. The number of rotatable bonds is 7. The summed E-state index contributed by atoms with van der Waals surface area (Å²) in [5.41, 5.74) is 6.43. The van der Waals surface area contributed by atoms with Crippen LogP contribution >= 0.6 is 0 Å². The smallest absolute Gasteiger partial charge is 0.121 e. The minimum absolute atomic E-state index is 0.699. The van der Waals surface area contributed by atoms with Crippen LogP contribution in [0.4, 0.5) is 0 Å². The Morgan fingerprint density at radius 2 is 2.00 bits per heavy atom. The van der Waals surface area contributed by atoms with Gasteiger partial charge in [0.15, 0.2) is 0 Å². The normalized spacial score (nSPS) is 13.1. The standard InChI is InChI=1S/C25H27N5O/c1-29(2)14-6-16-31-18-9-10-19-20(11-13-27-22(19)17-18)24-23-8-5-15-30(23)28-25(24)21-7-3-4-12-26-21/h3-4,7,9-13,17H,5-6,8,14-16H2,1-2H3. The molecule has 31 heavy (non-hydrogen) atoms. The molecule has 0 spiro atoms. The van der Waals surface area contributed by atoms with E-state index >= 15 is 0 Å². The largest absolute Gasteiger partial charge is 0.493 e. The number of fused-ring (bicyclic) bond motifs is 2. The van der Waals surface area contributed by atoms with Crippen LogP contribution in [0.5, 0.6) is 5.75 Å². The lowest BCUT2D eigenvalue weighted by atomic mass is 9.96. The molecule has 1 aliphatic heterocycles. The van der Waals surface area contributed by atoms with Crippen LogP contribution < -0.4 is 4.74 Å². The van der Waals surface area contributed by atoms with Crippen LogP contribution in [0.3, 0.4) is 0 Å². The second kappa shape index (κ2) is 8.47. The molecule has 1 aliphatic rings. The van der Waals surface area contributed by atoms with Crippen molar-refractivity contribution in [3.05, 3.63) is 60.6 Å². The van der Waals surface area contributed by atoms with E-state index in [0.717, 1.165) is 66.0 Å². The van der Waals surface area contributed by atoms with Crippen LogP contribution in [0.25, 0.3) is 33.4 Å². The van der Waals surface area contributed by atoms with Gasteiger partial charge in [0, 0.05) is 48.2 Å². The van der Waals surface area contributed by atoms with Gasteiger partial charge < -0.3 is 9.64 Å². The molecule has 6 nitrogen and oxygen atoms in total. The fraction of sp³-hybridized carbons (Fsp3) is 0.320. The Morgan fingerprint density at radius 3 is 2.84 bits per heavy atom. The summed E-state index contributed by atoms with van der Waals surface area (Å²) in [6.07, 6.45) is 6.87. The summed E-state index contributed by atoms with van der Waals surface area (Å²) in [6.45, 7) is 2.67. The second-order valence-electron chi connectivity index (χ2n) is 8.25. The van der Waals surface area contributed by atoms with Gasteiger partial charge >= 0.3 is 0 Å². The lowest BCUT2D eigenvalue weighted by Gasteiger charge is -2.12. The first-order valence-corrected chi connectivity index (χ1v) is 10.9. The van der Waals surface area contributed by atoms with E-state index < -0.39 is 0 Å². The molecule has 1 aromatic carbocycles. The topological polar surface area (TPSA) is 56.1 Å². The predicted molar refractivity (Wildman–Crippen MR) is 123 cm³/mol.